The van der Waals surface area contributed by atoms with E-state index in [-0.39, 0.29) is 18.5 Å². The minimum absolute atomic E-state index is 0.0795. The first-order valence-corrected chi connectivity index (χ1v) is 6.56. The molecule has 1 N–H and O–H groups in total. The monoisotopic (exact) mass is 264 g/mol. The molecule has 1 fully saturated rings. The van der Waals surface area contributed by atoms with Crippen LogP contribution in [0.15, 0.2) is 42.5 Å². The zero-order chi connectivity index (χ0) is 13.7. The van der Waals surface area contributed by atoms with Gasteiger partial charge in [0.1, 0.15) is 0 Å². The summed E-state index contributed by atoms with van der Waals surface area (Å²) in [6.07, 6.45) is 0.850. The summed E-state index contributed by atoms with van der Waals surface area (Å²) in [5.74, 6) is -0.203. The lowest BCUT2D eigenvalue weighted by Crippen LogP contribution is -2.30. The Labute approximate surface area is 116 Å². The van der Waals surface area contributed by atoms with Gasteiger partial charge in [-0.15, -0.1) is 0 Å². The van der Waals surface area contributed by atoms with Crippen molar-refractivity contribution in [1.29, 1.82) is 0 Å². The molecule has 20 heavy (non-hydrogen) atoms. The summed E-state index contributed by atoms with van der Waals surface area (Å²) in [4.78, 5) is 24.7. The number of nitrogens with one attached hydrogen (secondary N) is 1. The molecule has 2 aromatic rings. The van der Waals surface area contributed by atoms with E-state index < -0.39 is 0 Å². The highest BCUT2D eigenvalue weighted by Crippen LogP contribution is 2.38. The van der Waals surface area contributed by atoms with Crippen molar-refractivity contribution in [1.82, 2.24) is 5.32 Å². The lowest BCUT2D eigenvalue weighted by molar-refractivity contribution is -0.115. The van der Waals surface area contributed by atoms with Crippen LogP contribution in [0, 0.1) is 0 Å². The van der Waals surface area contributed by atoms with E-state index in [4.69, 9.17) is 0 Å². The number of nitrogens with zero attached hydrogens (tertiary/aromatic N) is 1. The Balaban J connectivity index is 1.79. The maximum atomic E-state index is 11.7. The summed E-state index contributed by atoms with van der Waals surface area (Å²) in [5.41, 5.74) is 5.53. The molecule has 0 atom stereocenters. The molecule has 1 aliphatic carbocycles. The van der Waals surface area contributed by atoms with Gasteiger partial charge in [-0.3, -0.25) is 4.79 Å². The summed E-state index contributed by atoms with van der Waals surface area (Å²) in [6, 6.07) is 13.7. The van der Waals surface area contributed by atoms with Crippen molar-refractivity contribution >= 4 is 17.6 Å². The molecule has 3 amide bonds. The van der Waals surface area contributed by atoms with Crippen molar-refractivity contribution < 1.29 is 9.59 Å². The number of carbonyl (C=O) groups is 2. The van der Waals surface area contributed by atoms with Gasteiger partial charge in [0.2, 0.25) is 0 Å². The predicted molar refractivity (Wildman–Crippen MR) is 75.6 cm³/mol. The van der Waals surface area contributed by atoms with Crippen LogP contribution in [0.1, 0.15) is 11.1 Å². The molecule has 0 radical (unpaired) electrons. The first-order chi connectivity index (χ1) is 9.74. The summed E-state index contributed by atoms with van der Waals surface area (Å²) >= 11 is 0. The fourth-order valence-electron chi connectivity index (χ4n) is 2.95. The normalized spacial score (nSPS) is 16.1. The fraction of sp³-hybridized carbons (Fsp3) is 0.125. The maximum absolute atomic E-state index is 11.7. The molecule has 4 heteroatoms. The Bertz CT molecular complexity index is 736. The van der Waals surface area contributed by atoms with Crippen molar-refractivity contribution in [3.8, 4) is 11.1 Å². The number of hydrogen-bond acceptors (Lipinski definition) is 2. The molecule has 1 saturated heterocycles. The molecular weight excluding hydrogens is 252 g/mol. The van der Waals surface area contributed by atoms with Gasteiger partial charge < -0.3 is 5.32 Å². The van der Waals surface area contributed by atoms with Crippen LogP contribution in [0.4, 0.5) is 10.5 Å². The molecule has 2 aromatic carbocycles. The van der Waals surface area contributed by atoms with Gasteiger partial charge in [0, 0.05) is 0 Å². The molecule has 1 heterocycles. The SMILES string of the molecule is O=C1CNC(=O)N1c1ccc2c(c1)Cc1ccccc1-2. The van der Waals surface area contributed by atoms with Crippen LogP contribution in [0.5, 0.6) is 0 Å². The van der Waals surface area contributed by atoms with E-state index in [1.54, 1.807) is 0 Å². The van der Waals surface area contributed by atoms with E-state index in [9.17, 15) is 9.59 Å². The highest BCUT2D eigenvalue weighted by molar-refractivity contribution is 6.19. The average Bonchev–Trinajstić information content (AvgIpc) is 2.98. The van der Waals surface area contributed by atoms with Crippen molar-refractivity contribution in [3.63, 3.8) is 0 Å². The first-order valence-electron chi connectivity index (χ1n) is 6.56. The number of hydrogen-bond donors (Lipinski definition) is 1. The maximum Gasteiger partial charge on any atom is 0.329 e. The lowest BCUT2D eigenvalue weighted by Gasteiger charge is -2.13. The van der Waals surface area contributed by atoms with Crippen LogP contribution in [0.25, 0.3) is 11.1 Å². The number of urea groups is 1. The lowest BCUT2D eigenvalue weighted by atomic mass is 10.1. The van der Waals surface area contributed by atoms with Crippen LogP contribution in [0.2, 0.25) is 0 Å². The molecule has 0 saturated carbocycles. The van der Waals surface area contributed by atoms with Crippen molar-refractivity contribution in [3.05, 3.63) is 53.6 Å². The molecule has 1 aliphatic heterocycles. The summed E-state index contributed by atoms with van der Waals surface area (Å²) < 4.78 is 0. The van der Waals surface area contributed by atoms with Gasteiger partial charge in [-0.1, -0.05) is 30.3 Å². The molecule has 2 aliphatic rings. The molecule has 0 aromatic heterocycles. The number of benzene rings is 2. The Hall–Kier alpha value is -2.62. The summed E-state index contributed by atoms with van der Waals surface area (Å²) in [6.45, 7) is 0.0795. The summed E-state index contributed by atoms with van der Waals surface area (Å²) in [7, 11) is 0. The Morgan fingerprint density at radius 2 is 1.75 bits per heavy atom. The molecular formula is C16H12N2O2. The largest absolute Gasteiger partial charge is 0.329 e. The second-order valence-electron chi connectivity index (χ2n) is 5.06. The van der Waals surface area contributed by atoms with E-state index in [1.165, 1.54) is 21.6 Å². The zero-order valence-electron chi connectivity index (χ0n) is 10.7. The second kappa shape index (κ2) is 3.93. The third kappa shape index (κ3) is 1.48. The molecule has 98 valence electrons. The van der Waals surface area contributed by atoms with Crippen LogP contribution >= 0.6 is 0 Å². The van der Waals surface area contributed by atoms with E-state index in [0.29, 0.717) is 5.69 Å². The Morgan fingerprint density at radius 1 is 0.950 bits per heavy atom. The average molecular weight is 264 g/mol. The third-order valence-electron chi connectivity index (χ3n) is 3.88. The van der Waals surface area contributed by atoms with Gasteiger partial charge >= 0.3 is 6.03 Å². The molecule has 4 nitrogen and oxygen atoms in total. The van der Waals surface area contributed by atoms with Crippen molar-refractivity contribution in [2.45, 2.75) is 6.42 Å². The topological polar surface area (TPSA) is 49.4 Å². The van der Waals surface area contributed by atoms with Crippen LogP contribution < -0.4 is 10.2 Å². The number of carbonyl (C=O) groups excluding carboxylic acids is 2. The third-order valence-corrected chi connectivity index (χ3v) is 3.88. The zero-order valence-corrected chi connectivity index (χ0v) is 10.7. The minimum atomic E-state index is -0.342. The highest BCUT2D eigenvalue weighted by atomic mass is 16.2. The van der Waals surface area contributed by atoms with Crippen LogP contribution in [0.3, 0.4) is 0 Å². The smallest absolute Gasteiger partial charge is 0.328 e. The van der Waals surface area contributed by atoms with E-state index in [1.807, 2.05) is 30.3 Å². The quantitative estimate of drug-likeness (QED) is 0.686. The molecule has 0 spiro atoms. The highest BCUT2D eigenvalue weighted by Gasteiger charge is 2.31. The first kappa shape index (κ1) is 11.2. The molecule has 4 rings (SSSR count). The van der Waals surface area contributed by atoms with Gasteiger partial charge in [0.15, 0.2) is 0 Å². The molecule has 0 bridgehead atoms. The van der Waals surface area contributed by atoms with Gasteiger partial charge in [0.05, 0.1) is 12.2 Å². The predicted octanol–water partition coefficient (Wildman–Crippen LogP) is 2.31. The van der Waals surface area contributed by atoms with E-state index in [0.717, 1.165) is 12.0 Å². The van der Waals surface area contributed by atoms with Gasteiger partial charge in [-0.05, 0) is 40.8 Å². The number of fused-ring (bicyclic) bond motifs is 3. The second-order valence-corrected chi connectivity index (χ2v) is 5.06. The van der Waals surface area contributed by atoms with Crippen LogP contribution in [-0.4, -0.2) is 18.5 Å². The Morgan fingerprint density at radius 3 is 2.55 bits per heavy atom. The van der Waals surface area contributed by atoms with Gasteiger partial charge in [0.25, 0.3) is 5.91 Å². The standard InChI is InChI=1S/C16H12N2O2/c19-15-9-17-16(20)18(15)12-5-6-14-11(8-12)7-10-3-1-2-4-13(10)14/h1-6,8H,7,9H2,(H,17,20). The minimum Gasteiger partial charge on any atom is -0.328 e. The van der Waals surface area contributed by atoms with Gasteiger partial charge in [-0.2, -0.15) is 0 Å². The van der Waals surface area contributed by atoms with Crippen molar-refractivity contribution in [2.24, 2.45) is 0 Å². The summed E-state index contributed by atoms with van der Waals surface area (Å²) in [5, 5.41) is 2.54. The molecule has 0 unspecified atom stereocenters. The Kier molecular flexibility index (Phi) is 2.21. The number of amides is 3. The van der Waals surface area contributed by atoms with E-state index in [2.05, 4.69) is 17.4 Å². The van der Waals surface area contributed by atoms with Crippen molar-refractivity contribution in [2.75, 3.05) is 11.4 Å². The number of rotatable bonds is 1. The van der Waals surface area contributed by atoms with Gasteiger partial charge in [-0.25, -0.2) is 9.69 Å². The van der Waals surface area contributed by atoms with Crippen LogP contribution in [-0.2, 0) is 11.2 Å². The number of imide groups is 1. The number of anilines is 1. The fourth-order valence-corrected chi connectivity index (χ4v) is 2.95. The van der Waals surface area contributed by atoms with E-state index >= 15 is 0 Å².